The van der Waals surface area contributed by atoms with Crippen LogP contribution in [0.15, 0.2) is 28.8 Å². The lowest BCUT2D eigenvalue weighted by molar-refractivity contribution is 0.358. The van der Waals surface area contributed by atoms with E-state index in [0.717, 1.165) is 18.1 Å². The number of rotatable bonds is 6. The van der Waals surface area contributed by atoms with Gasteiger partial charge in [-0.15, -0.1) is 0 Å². The van der Waals surface area contributed by atoms with E-state index in [1.54, 1.807) is 0 Å². The number of aryl methyl sites for hydroxylation is 1. The van der Waals surface area contributed by atoms with Gasteiger partial charge in [0, 0.05) is 18.2 Å². The first-order chi connectivity index (χ1) is 9.95. The first-order valence-electron chi connectivity index (χ1n) is 7.60. The Morgan fingerprint density at radius 2 is 1.76 bits per heavy atom. The van der Waals surface area contributed by atoms with Gasteiger partial charge in [0.2, 0.25) is 5.89 Å². The summed E-state index contributed by atoms with van der Waals surface area (Å²) in [5.41, 5.74) is 2.45. The zero-order chi connectivity index (χ0) is 15.4. The molecule has 2 aromatic rings. The molecule has 0 radical (unpaired) electrons. The summed E-state index contributed by atoms with van der Waals surface area (Å²) in [5.74, 6) is 2.00. The molecule has 0 atom stereocenters. The van der Waals surface area contributed by atoms with Gasteiger partial charge in [0.25, 0.3) is 0 Å². The highest BCUT2D eigenvalue weighted by Gasteiger charge is 2.15. The van der Waals surface area contributed by atoms with Crippen molar-refractivity contribution in [3.63, 3.8) is 0 Å². The van der Waals surface area contributed by atoms with Gasteiger partial charge in [-0.05, 0) is 38.8 Å². The first-order valence-corrected chi connectivity index (χ1v) is 7.60. The fraction of sp³-hybridized carbons (Fsp3) is 0.529. The SMILES string of the molecule is Cc1ccc(N(Cc2noc(CC(C)C)n2)C(C)C)cc1. The quantitative estimate of drug-likeness (QED) is 0.805. The third-order valence-corrected chi connectivity index (χ3v) is 3.39. The summed E-state index contributed by atoms with van der Waals surface area (Å²) in [6.45, 7) is 11.4. The Bertz CT molecular complexity index is 558. The highest BCUT2D eigenvalue weighted by Crippen LogP contribution is 2.20. The smallest absolute Gasteiger partial charge is 0.226 e. The zero-order valence-corrected chi connectivity index (χ0v) is 13.6. The molecule has 1 aromatic carbocycles. The number of anilines is 1. The van der Waals surface area contributed by atoms with E-state index in [1.807, 2.05) is 0 Å². The Balaban J connectivity index is 2.13. The van der Waals surface area contributed by atoms with E-state index in [1.165, 1.54) is 11.3 Å². The second-order valence-electron chi connectivity index (χ2n) is 6.26. The van der Waals surface area contributed by atoms with E-state index in [4.69, 9.17) is 4.52 Å². The summed E-state index contributed by atoms with van der Waals surface area (Å²) in [6.07, 6.45) is 0.833. The molecule has 21 heavy (non-hydrogen) atoms. The van der Waals surface area contributed by atoms with Gasteiger partial charge in [-0.2, -0.15) is 4.98 Å². The predicted molar refractivity (Wildman–Crippen MR) is 85.3 cm³/mol. The van der Waals surface area contributed by atoms with Crippen molar-refractivity contribution in [3.8, 4) is 0 Å². The lowest BCUT2D eigenvalue weighted by Crippen LogP contribution is -2.30. The first kappa shape index (κ1) is 15.5. The molecule has 2 rings (SSSR count). The number of nitrogens with zero attached hydrogens (tertiary/aromatic N) is 3. The molecule has 1 heterocycles. The molecule has 4 nitrogen and oxygen atoms in total. The Morgan fingerprint density at radius 1 is 1.10 bits per heavy atom. The Labute approximate surface area is 127 Å². The lowest BCUT2D eigenvalue weighted by Gasteiger charge is -2.27. The molecule has 114 valence electrons. The van der Waals surface area contributed by atoms with Crippen molar-refractivity contribution in [2.75, 3.05) is 4.90 Å². The summed E-state index contributed by atoms with van der Waals surface area (Å²) in [5, 5.41) is 4.11. The van der Waals surface area contributed by atoms with Gasteiger partial charge in [-0.3, -0.25) is 0 Å². The Kier molecular flexibility index (Phi) is 4.99. The molecule has 1 aromatic heterocycles. The topological polar surface area (TPSA) is 42.2 Å². The van der Waals surface area contributed by atoms with Crippen LogP contribution in [-0.4, -0.2) is 16.2 Å². The highest BCUT2D eigenvalue weighted by molar-refractivity contribution is 5.48. The summed E-state index contributed by atoms with van der Waals surface area (Å²) in [6, 6.07) is 8.92. The molecular formula is C17H25N3O. The van der Waals surface area contributed by atoms with Crippen LogP contribution >= 0.6 is 0 Å². The van der Waals surface area contributed by atoms with Crippen LogP contribution in [0.4, 0.5) is 5.69 Å². The van der Waals surface area contributed by atoms with Crippen LogP contribution in [0.2, 0.25) is 0 Å². The molecule has 0 N–H and O–H groups in total. The van der Waals surface area contributed by atoms with E-state index in [2.05, 4.69) is 73.9 Å². The fourth-order valence-corrected chi connectivity index (χ4v) is 2.25. The molecule has 0 amide bonds. The van der Waals surface area contributed by atoms with Crippen LogP contribution < -0.4 is 4.90 Å². The van der Waals surface area contributed by atoms with Gasteiger partial charge in [0.15, 0.2) is 5.82 Å². The molecule has 0 saturated carbocycles. The second kappa shape index (κ2) is 6.74. The van der Waals surface area contributed by atoms with Gasteiger partial charge >= 0.3 is 0 Å². The van der Waals surface area contributed by atoms with Crippen LogP contribution in [0, 0.1) is 12.8 Å². The average Bonchev–Trinajstić information content (AvgIpc) is 2.83. The standard InChI is InChI=1S/C17H25N3O/c1-12(2)10-17-18-16(19-21-17)11-20(13(3)4)15-8-6-14(5)7-9-15/h6-9,12-13H,10-11H2,1-5H3. The highest BCUT2D eigenvalue weighted by atomic mass is 16.5. The summed E-state index contributed by atoms with van der Waals surface area (Å²) >= 11 is 0. The maximum absolute atomic E-state index is 5.32. The van der Waals surface area contributed by atoms with Crippen molar-refractivity contribution >= 4 is 5.69 Å². The molecular weight excluding hydrogens is 262 g/mol. The predicted octanol–water partition coefficient (Wildman–Crippen LogP) is 3.99. The van der Waals surface area contributed by atoms with E-state index in [0.29, 0.717) is 18.5 Å². The van der Waals surface area contributed by atoms with E-state index >= 15 is 0 Å². The third-order valence-electron chi connectivity index (χ3n) is 3.39. The fourth-order valence-electron chi connectivity index (χ4n) is 2.25. The maximum Gasteiger partial charge on any atom is 0.226 e. The number of hydrogen-bond donors (Lipinski definition) is 0. The van der Waals surface area contributed by atoms with Crippen molar-refractivity contribution in [3.05, 3.63) is 41.5 Å². The maximum atomic E-state index is 5.32. The monoisotopic (exact) mass is 287 g/mol. The van der Waals surface area contributed by atoms with Gasteiger partial charge in [0.1, 0.15) is 0 Å². The third kappa shape index (κ3) is 4.31. The minimum absolute atomic E-state index is 0.375. The molecule has 0 saturated heterocycles. The van der Waals surface area contributed by atoms with Crippen molar-refractivity contribution < 1.29 is 4.52 Å². The van der Waals surface area contributed by atoms with Crippen molar-refractivity contribution in [1.82, 2.24) is 10.1 Å². The Hall–Kier alpha value is -1.84. The number of aromatic nitrogens is 2. The zero-order valence-electron chi connectivity index (χ0n) is 13.6. The molecule has 0 unspecified atom stereocenters. The minimum Gasteiger partial charge on any atom is -0.361 e. The summed E-state index contributed by atoms with van der Waals surface area (Å²) < 4.78 is 5.32. The van der Waals surface area contributed by atoms with Crippen molar-refractivity contribution in [2.45, 2.75) is 53.6 Å². The summed E-state index contributed by atoms with van der Waals surface area (Å²) in [7, 11) is 0. The minimum atomic E-state index is 0.375. The van der Waals surface area contributed by atoms with Gasteiger partial charge < -0.3 is 9.42 Å². The molecule has 0 fully saturated rings. The van der Waals surface area contributed by atoms with Crippen LogP contribution in [0.1, 0.15) is 45.0 Å². The molecule has 0 aliphatic heterocycles. The van der Waals surface area contributed by atoms with Gasteiger partial charge in [-0.25, -0.2) is 0 Å². The number of benzene rings is 1. The second-order valence-corrected chi connectivity index (χ2v) is 6.26. The van der Waals surface area contributed by atoms with Crippen LogP contribution in [0.3, 0.4) is 0 Å². The Morgan fingerprint density at radius 3 is 2.33 bits per heavy atom. The molecule has 0 aliphatic carbocycles. The molecule has 4 heteroatoms. The largest absolute Gasteiger partial charge is 0.361 e. The average molecular weight is 287 g/mol. The van der Waals surface area contributed by atoms with E-state index in [9.17, 15) is 0 Å². The molecule has 0 aliphatic rings. The van der Waals surface area contributed by atoms with Crippen LogP contribution in [-0.2, 0) is 13.0 Å². The number of hydrogen-bond acceptors (Lipinski definition) is 4. The van der Waals surface area contributed by atoms with Crippen LogP contribution in [0.25, 0.3) is 0 Å². The molecule has 0 spiro atoms. The van der Waals surface area contributed by atoms with Crippen molar-refractivity contribution in [2.24, 2.45) is 5.92 Å². The van der Waals surface area contributed by atoms with Gasteiger partial charge in [0.05, 0.1) is 6.54 Å². The van der Waals surface area contributed by atoms with Crippen LogP contribution in [0.5, 0.6) is 0 Å². The molecule has 0 bridgehead atoms. The van der Waals surface area contributed by atoms with Crippen molar-refractivity contribution in [1.29, 1.82) is 0 Å². The van der Waals surface area contributed by atoms with E-state index in [-0.39, 0.29) is 0 Å². The normalized spacial score (nSPS) is 11.4. The summed E-state index contributed by atoms with van der Waals surface area (Å²) in [4.78, 5) is 6.78. The van der Waals surface area contributed by atoms with E-state index < -0.39 is 0 Å². The lowest BCUT2D eigenvalue weighted by atomic mass is 10.1. The van der Waals surface area contributed by atoms with Gasteiger partial charge in [-0.1, -0.05) is 36.7 Å².